The highest BCUT2D eigenvalue weighted by Gasteiger charge is 2.23. The van der Waals surface area contributed by atoms with E-state index in [2.05, 4.69) is 27.7 Å². The van der Waals surface area contributed by atoms with E-state index in [0.29, 0.717) is 19.0 Å². The molecule has 1 aliphatic rings. The van der Waals surface area contributed by atoms with E-state index >= 15 is 0 Å². The predicted octanol–water partition coefficient (Wildman–Crippen LogP) is 3.08. The molecule has 1 atom stereocenters. The van der Waals surface area contributed by atoms with Crippen molar-refractivity contribution in [2.24, 2.45) is 5.92 Å². The Hall–Kier alpha value is -2.21. The fourth-order valence-corrected chi connectivity index (χ4v) is 3.57. The first-order valence-corrected chi connectivity index (χ1v) is 9.05. The summed E-state index contributed by atoms with van der Waals surface area (Å²) in [6, 6.07) is 12.0. The lowest BCUT2D eigenvalue weighted by Crippen LogP contribution is -2.38. The van der Waals surface area contributed by atoms with E-state index in [1.807, 2.05) is 29.6 Å². The number of anilines is 1. The van der Waals surface area contributed by atoms with Crippen molar-refractivity contribution in [1.29, 1.82) is 0 Å². The van der Waals surface area contributed by atoms with Gasteiger partial charge in [-0.3, -0.25) is 0 Å². The van der Waals surface area contributed by atoms with E-state index in [0.717, 1.165) is 30.1 Å². The first-order chi connectivity index (χ1) is 11.7. The Morgan fingerprint density at radius 2 is 2.25 bits per heavy atom. The minimum atomic E-state index is -0.0942. The zero-order chi connectivity index (χ0) is 16.8. The van der Waals surface area contributed by atoms with Gasteiger partial charge >= 0.3 is 6.03 Å². The summed E-state index contributed by atoms with van der Waals surface area (Å²) >= 11 is 1.65. The lowest BCUT2D eigenvalue weighted by atomic mass is 10.1. The number of methoxy groups -OCH3 is 1. The highest BCUT2D eigenvalue weighted by Crippen LogP contribution is 2.26. The smallest absolute Gasteiger partial charge is 0.315 e. The van der Waals surface area contributed by atoms with Gasteiger partial charge in [0.05, 0.1) is 13.7 Å². The van der Waals surface area contributed by atoms with E-state index in [9.17, 15) is 4.79 Å². The molecule has 1 aromatic carbocycles. The zero-order valence-electron chi connectivity index (χ0n) is 13.8. The van der Waals surface area contributed by atoms with Gasteiger partial charge in [-0.25, -0.2) is 4.79 Å². The molecule has 24 heavy (non-hydrogen) atoms. The van der Waals surface area contributed by atoms with Crippen molar-refractivity contribution in [3.63, 3.8) is 0 Å². The van der Waals surface area contributed by atoms with Crippen LogP contribution in [0.1, 0.15) is 11.3 Å². The second-order valence-electron chi connectivity index (χ2n) is 5.95. The number of amides is 2. The van der Waals surface area contributed by atoms with Gasteiger partial charge in [0, 0.05) is 36.3 Å². The molecule has 1 saturated heterocycles. The molecule has 2 amide bonds. The normalized spacial score (nSPS) is 16.9. The molecule has 6 heteroatoms. The summed E-state index contributed by atoms with van der Waals surface area (Å²) in [5.41, 5.74) is 1.18. The van der Waals surface area contributed by atoms with Crippen LogP contribution in [-0.2, 0) is 6.54 Å². The number of ether oxygens (including phenoxy) is 1. The summed E-state index contributed by atoms with van der Waals surface area (Å²) in [5.74, 6) is 1.35. The summed E-state index contributed by atoms with van der Waals surface area (Å²) in [5, 5.41) is 7.90. The van der Waals surface area contributed by atoms with Crippen molar-refractivity contribution in [3.8, 4) is 5.75 Å². The maximum Gasteiger partial charge on any atom is 0.315 e. The van der Waals surface area contributed by atoms with Gasteiger partial charge in [0.1, 0.15) is 5.75 Å². The lowest BCUT2D eigenvalue weighted by molar-refractivity contribution is 0.239. The average molecular weight is 345 g/mol. The summed E-state index contributed by atoms with van der Waals surface area (Å²) in [7, 11) is 1.69. The Labute approximate surface area is 146 Å². The third-order valence-corrected chi connectivity index (χ3v) is 5.14. The van der Waals surface area contributed by atoms with Crippen molar-refractivity contribution < 1.29 is 9.53 Å². The van der Waals surface area contributed by atoms with Gasteiger partial charge in [-0.1, -0.05) is 12.1 Å². The van der Waals surface area contributed by atoms with Crippen molar-refractivity contribution in [3.05, 3.63) is 46.7 Å². The Kier molecular flexibility index (Phi) is 5.59. The number of rotatable bonds is 6. The van der Waals surface area contributed by atoms with E-state index in [-0.39, 0.29) is 6.03 Å². The Bertz CT molecular complexity index is 660. The van der Waals surface area contributed by atoms with E-state index in [4.69, 9.17) is 4.74 Å². The highest BCUT2D eigenvalue weighted by molar-refractivity contribution is 7.09. The van der Waals surface area contributed by atoms with Crippen LogP contribution in [0.5, 0.6) is 5.75 Å². The predicted molar refractivity (Wildman–Crippen MR) is 97.9 cm³/mol. The Morgan fingerprint density at radius 3 is 3.04 bits per heavy atom. The van der Waals surface area contributed by atoms with Crippen LogP contribution in [0.3, 0.4) is 0 Å². The maximum atomic E-state index is 11.9. The summed E-state index contributed by atoms with van der Waals surface area (Å²) in [4.78, 5) is 15.4. The number of benzene rings is 1. The first-order valence-electron chi connectivity index (χ1n) is 8.17. The number of nitrogens with zero attached hydrogens (tertiary/aromatic N) is 1. The molecular formula is C18H23N3O2S. The Balaban J connectivity index is 1.41. The highest BCUT2D eigenvalue weighted by atomic mass is 32.1. The molecule has 128 valence electrons. The molecule has 0 saturated carbocycles. The monoisotopic (exact) mass is 345 g/mol. The topological polar surface area (TPSA) is 53.6 Å². The maximum absolute atomic E-state index is 11.9. The molecule has 3 rings (SSSR count). The fraction of sp³-hybridized carbons (Fsp3) is 0.389. The Morgan fingerprint density at radius 1 is 1.33 bits per heavy atom. The van der Waals surface area contributed by atoms with E-state index in [1.54, 1.807) is 18.4 Å². The second-order valence-corrected chi connectivity index (χ2v) is 6.98. The molecule has 2 heterocycles. The molecule has 2 N–H and O–H groups in total. The van der Waals surface area contributed by atoms with Crippen LogP contribution in [0, 0.1) is 5.92 Å². The summed E-state index contributed by atoms with van der Waals surface area (Å²) < 4.78 is 5.29. The fourth-order valence-electron chi connectivity index (χ4n) is 2.92. The van der Waals surface area contributed by atoms with Gasteiger partial charge in [-0.15, -0.1) is 11.3 Å². The third-order valence-electron chi connectivity index (χ3n) is 4.26. The van der Waals surface area contributed by atoms with Crippen LogP contribution in [0.2, 0.25) is 0 Å². The second kappa shape index (κ2) is 8.06. The molecule has 5 nitrogen and oxygen atoms in total. The van der Waals surface area contributed by atoms with Crippen molar-refractivity contribution in [1.82, 2.24) is 10.6 Å². The van der Waals surface area contributed by atoms with Crippen LogP contribution in [-0.4, -0.2) is 32.8 Å². The summed E-state index contributed by atoms with van der Waals surface area (Å²) in [6.07, 6.45) is 1.09. The van der Waals surface area contributed by atoms with Crippen LogP contribution in [0.4, 0.5) is 10.5 Å². The van der Waals surface area contributed by atoms with Gasteiger partial charge in [0.2, 0.25) is 0 Å². The summed E-state index contributed by atoms with van der Waals surface area (Å²) in [6.45, 7) is 3.26. The number of hydrogen-bond acceptors (Lipinski definition) is 4. The van der Waals surface area contributed by atoms with Crippen molar-refractivity contribution in [2.45, 2.75) is 13.0 Å². The zero-order valence-corrected chi connectivity index (χ0v) is 14.6. The lowest BCUT2D eigenvalue weighted by Gasteiger charge is -2.19. The number of carbonyl (C=O) groups excluding carboxylic acids is 1. The van der Waals surface area contributed by atoms with Gasteiger partial charge in [0.15, 0.2) is 0 Å². The number of urea groups is 1. The van der Waals surface area contributed by atoms with Crippen LogP contribution in [0.15, 0.2) is 41.8 Å². The van der Waals surface area contributed by atoms with Gasteiger partial charge in [-0.05, 0) is 35.9 Å². The molecule has 0 spiro atoms. The minimum absolute atomic E-state index is 0.0942. The first kappa shape index (κ1) is 16.6. The third kappa shape index (κ3) is 4.41. The number of nitrogens with one attached hydrogen (secondary N) is 2. The molecule has 1 aliphatic heterocycles. The molecule has 2 aromatic rings. The molecule has 0 bridgehead atoms. The number of carbonyl (C=O) groups is 1. The average Bonchev–Trinajstić information content (AvgIpc) is 3.30. The van der Waals surface area contributed by atoms with E-state index in [1.165, 1.54) is 5.69 Å². The molecule has 0 unspecified atom stereocenters. The standard InChI is InChI=1S/C18H23N3O2S/c1-23-16-5-2-4-15(10-16)21-8-7-14(13-21)11-19-18(22)20-12-17-6-3-9-24-17/h2-6,9-10,14H,7-8,11-13H2,1H3,(H2,19,20,22)/t14-/m0/s1. The van der Waals surface area contributed by atoms with Crippen molar-refractivity contribution in [2.75, 3.05) is 31.6 Å². The van der Waals surface area contributed by atoms with Crippen LogP contribution in [0.25, 0.3) is 0 Å². The van der Waals surface area contributed by atoms with Crippen molar-refractivity contribution >= 4 is 23.1 Å². The van der Waals surface area contributed by atoms with Gasteiger partial charge in [-0.2, -0.15) is 0 Å². The largest absolute Gasteiger partial charge is 0.497 e. The molecule has 1 aromatic heterocycles. The molecule has 1 fully saturated rings. The molecule has 0 aliphatic carbocycles. The van der Waals surface area contributed by atoms with Crippen LogP contribution >= 0.6 is 11.3 Å². The van der Waals surface area contributed by atoms with Gasteiger partial charge < -0.3 is 20.3 Å². The SMILES string of the molecule is COc1cccc(N2CC[C@@H](CNC(=O)NCc3cccs3)C2)c1. The molecule has 0 radical (unpaired) electrons. The molecular weight excluding hydrogens is 322 g/mol. The number of thiophene rings is 1. The van der Waals surface area contributed by atoms with Gasteiger partial charge in [0.25, 0.3) is 0 Å². The van der Waals surface area contributed by atoms with E-state index < -0.39 is 0 Å². The van der Waals surface area contributed by atoms with Crippen LogP contribution < -0.4 is 20.3 Å². The quantitative estimate of drug-likeness (QED) is 0.846. The number of hydrogen-bond donors (Lipinski definition) is 2. The minimum Gasteiger partial charge on any atom is -0.497 e.